The normalized spacial score (nSPS) is 23.5. The number of nitrogens with one attached hydrogen (secondary N) is 1. The van der Waals surface area contributed by atoms with Crippen molar-refractivity contribution in [3.63, 3.8) is 0 Å². The number of carbonyl (C=O) groups excluding carboxylic acids is 2. The number of hydrogen-bond acceptors (Lipinski definition) is 4. The van der Waals surface area contributed by atoms with Gasteiger partial charge in [-0.15, -0.1) is 11.7 Å². The molecule has 1 atom stereocenters. The molecular formula is C13H14N2O2S2. The van der Waals surface area contributed by atoms with Crippen LogP contribution in [0, 0.1) is 0 Å². The maximum atomic E-state index is 12.3. The molecule has 0 aromatic heterocycles. The molecule has 1 aromatic rings. The van der Waals surface area contributed by atoms with Gasteiger partial charge in [-0.1, -0.05) is 47.7 Å². The molecule has 2 rings (SSSR count). The number of thiol groups is 1. The van der Waals surface area contributed by atoms with Gasteiger partial charge in [0.2, 0.25) is 0 Å². The fourth-order valence-corrected chi connectivity index (χ4v) is 3.39. The number of carbonyl (C=O) groups is 2. The standard InChI is InChI=1S/C13H14N2O2S2/c1-9-11(16)15(2)13(19-18,12(17)14-9)8-10-6-4-3-5-7-10/h3-7,18H,1,8H2,2H3,(H,14,17). The van der Waals surface area contributed by atoms with Gasteiger partial charge in [0.05, 0.1) is 5.70 Å². The molecule has 0 radical (unpaired) electrons. The summed E-state index contributed by atoms with van der Waals surface area (Å²) in [6, 6.07) is 9.53. The van der Waals surface area contributed by atoms with Crippen LogP contribution < -0.4 is 5.32 Å². The largest absolute Gasteiger partial charge is 0.319 e. The molecule has 0 spiro atoms. The van der Waals surface area contributed by atoms with Gasteiger partial charge in [-0.2, -0.15) is 0 Å². The summed E-state index contributed by atoms with van der Waals surface area (Å²) in [5, 5.41) is 2.53. The Labute approximate surface area is 121 Å². The molecule has 1 heterocycles. The third kappa shape index (κ3) is 2.37. The Kier molecular flexibility index (Phi) is 3.91. The van der Waals surface area contributed by atoms with Gasteiger partial charge in [-0.25, -0.2) is 0 Å². The molecular weight excluding hydrogens is 280 g/mol. The van der Waals surface area contributed by atoms with Crippen molar-refractivity contribution in [1.82, 2.24) is 10.2 Å². The van der Waals surface area contributed by atoms with Crippen LogP contribution >= 0.6 is 22.5 Å². The topological polar surface area (TPSA) is 49.4 Å². The molecule has 1 aliphatic rings. The third-order valence-corrected chi connectivity index (χ3v) is 4.97. The first-order chi connectivity index (χ1) is 9.01. The first-order valence-corrected chi connectivity index (χ1v) is 7.53. The zero-order chi connectivity index (χ0) is 14.0. The minimum Gasteiger partial charge on any atom is -0.319 e. The highest BCUT2D eigenvalue weighted by atomic mass is 33.1. The molecule has 0 saturated carbocycles. The minimum absolute atomic E-state index is 0.0959. The molecule has 0 bridgehead atoms. The van der Waals surface area contributed by atoms with Gasteiger partial charge in [0, 0.05) is 13.5 Å². The van der Waals surface area contributed by atoms with E-state index in [0.717, 1.165) is 16.4 Å². The van der Waals surface area contributed by atoms with Crippen molar-refractivity contribution in [1.29, 1.82) is 0 Å². The highest BCUT2D eigenvalue weighted by Crippen LogP contribution is 2.38. The lowest BCUT2D eigenvalue weighted by atomic mass is 10.0. The van der Waals surface area contributed by atoms with E-state index in [-0.39, 0.29) is 17.5 Å². The number of hydrogen-bond donors (Lipinski definition) is 2. The van der Waals surface area contributed by atoms with Crippen LogP contribution in [0.15, 0.2) is 42.6 Å². The molecule has 1 unspecified atom stereocenters. The maximum Gasteiger partial charge on any atom is 0.271 e. The van der Waals surface area contributed by atoms with E-state index in [1.807, 2.05) is 30.3 Å². The second-order valence-corrected chi connectivity index (χ2v) is 5.74. The molecule has 1 aromatic carbocycles. The molecule has 1 N–H and O–H groups in total. The van der Waals surface area contributed by atoms with E-state index in [4.69, 9.17) is 0 Å². The van der Waals surface area contributed by atoms with Gasteiger partial charge < -0.3 is 10.2 Å². The summed E-state index contributed by atoms with van der Waals surface area (Å²) in [5.41, 5.74) is 1.06. The van der Waals surface area contributed by atoms with Crippen molar-refractivity contribution in [2.24, 2.45) is 0 Å². The molecule has 100 valence electrons. The summed E-state index contributed by atoms with van der Waals surface area (Å²) in [6.07, 6.45) is 0.392. The average Bonchev–Trinajstić information content (AvgIpc) is 2.42. The highest BCUT2D eigenvalue weighted by Gasteiger charge is 2.49. The molecule has 4 nitrogen and oxygen atoms in total. The number of benzene rings is 1. The van der Waals surface area contributed by atoms with Gasteiger partial charge in [0.25, 0.3) is 11.8 Å². The van der Waals surface area contributed by atoms with Crippen LogP contribution in [-0.2, 0) is 16.0 Å². The zero-order valence-corrected chi connectivity index (χ0v) is 12.1. The lowest BCUT2D eigenvalue weighted by Crippen LogP contribution is -2.63. The predicted molar refractivity (Wildman–Crippen MR) is 79.5 cm³/mol. The minimum atomic E-state index is -1.05. The summed E-state index contributed by atoms with van der Waals surface area (Å²) in [4.78, 5) is 24.6. The van der Waals surface area contributed by atoms with Gasteiger partial charge in [0.1, 0.15) is 0 Å². The monoisotopic (exact) mass is 294 g/mol. The molecule has 1 fully saturated rings. The van der Waals surface area contributed by atoms with Gasteiger partial charge in [-0.05, 0) is 5.56 Å². The second kappa shape index (κ2) is 5.30. The van der Waals surface area contributed by atoms with Crippen molar-refractivity contribution in [2.75, 3.05) is 7.05 Å². The summed E-state index contributed by atoms with van der Waals surface area (Å²) in [6.45, 7) is 3.55. The first kappa shape index (κ1) is 14.0. The number of rotatable bonds is 3. The molecule has 1 aliphatic heterocycles. The Morgan fingerprint density at radius 3 is 2.58 bits per heavy atom. The van der Waals surface area contributed by atoms with E-state index in [1.54, 1.807) is 7.05 Å². The molecule has 2 amide bonds. The predicted octanol–water partition coefficient (Wildman–Crippen LogP) is 1.61. The Bertz CT molecular complexity index is 533. The van der Waals surface area contributed by atoms with Crippen molar-refractivity contribution in [3.05, 3.63) is 48.2 Å². The van der Waals surface area contributed by atoms with Crippen molar-refractivity contribution < 1.29 is 9.59 Å². The summed E-state index contributed by atoms with van der Waals surface area (Å²) in [7, 11) is 2.65. The zero-order valence-electron chi connectivity index (χ0n) is 10.4. The fraction of sp³-hybridized carbons (Fsp3) is 0.231. The number of nitrogens with zero attached hydrogens (tertiary/aromatic N) is 1. The first-order valence-electron chi connectivity index (χ1n) is 5.66. The SMILES string of the molecule is C=C1NC(=O)C(Cc2ccccc2)(SS)N(C)C1=O. The fourth-order valence-electron chi connectivity index (χ4n) is 2.01. The summed E-state index contributed by atoms with van der Waals surface area (Å²) >= 11 is 4.20. The molecule has 1 saturated heterocycles. The Morgan fingerprint density at radius 1 is 1.37 bits per heavy atom. The lowest BCUT2D eigenvalue weighted by Gasteiger charge is -2.42. The smallest absolute Gasteiger partial charge is 0.271 e. The second-order valence-electron chi connectivity index (χ2n) is 4.33. The Hall–Kier alpha value is -1.40. The maximum absolute atomic E-state index is 12.3. The van der Waals surface area contributed by atoms with E-state index < -0.39 is 4.87 Å². The van der Waals surface area contributed by atoms with E-state index in [2.05, 4.69) is 23.6 Å². The Morgan fingerprint density at radius 2 is 2.00 bits per heavy atom. The van der Waals surface area contributed by atoms with Crippen LogP contribution in [0.3, 0.4) is 0 Å². The number of piperazine rings is 1. The van der Waals surface area contributed by atoms with Crippen LogP contribution in [-0.4, -0.2) is 28.6 Å². The third-order valence-electron chi connectivity index (χ3n) is 3.16. The van der Waals surface area contributed by atoms with Crippen LogP contribution in [0.5, 0.6) is 0 Å². The summed E-state index contributed by atoms with van der Waals surface area (Å²) < 4.78 is 0. The van der Waals surface area contributed by atoms with Crippen molar-refractivity contribution >= 4 is 34.3 Å². The number of likely N-dealkylation sites (N-methyl/N-ethyl adjacent to an activating group) is 1. The van der Waals surface area contributed by atoms with Gasteiger partial charge >= 0.3 is 0 Å². The molecule has 0 aliphatic carbocycles. The van der Waals surface area contributed by atoms with Crippen LogP contribution in [0.4, 0.5) is 0 Å². The van der Waals surface area contributed by atoms with E-state index in [0.29, 0.717) is 6.42 Å². The average molecular weight is 294 g/mol. The molecule has 19 heavy (non-hydrogen) atoms. The van der Waals surface area contributed by atoms with E-state index in [9.17, 15) is 9.59 Å². The van der Waals surface area contributed by atoms with E-state index >= 15 is 0 Å². The lowest BCUT2D eigenvalue weighted by molar-refractivity contribution is -0.142. The molecule has 6 heteroatoms. The van der Waals surface area contributed by atoms with Crippen LogP contribution in [0.1, 0.15) is 5.56 Å². The highest BCUT2D eigenvalue weighted by molar-refractivity contribution is 8.69. The summed E-state index contributed by atoms with van der Waals surface area (Å²) in [5.74, 6) is -0.569. The quantitative estimate of drug-likeness (QED) is 0.506. The number of amides is 2. The van der Waals surface area contributed by atoms with E-state index in [1.165, 1.54) is 4.90 Å². The van der Waals surface area contributed by atoms with Crippen LogP contribution in [0.25, 0.3) is 0 Å². The van der Waals surface area contributed by atoms with Gasteiger partial charge in [0.15, 0.2) is 4.87 Å². The van der Waals surface area contributed by atoms with Crippen molar-refractivity contribution in [2.45, 2.75) is 11.3 Å². The Balaban J connectivity index is 2.38. The van der Waals surface area contributed by atoms with Crippen molar-refractivity contribution in [3.8, 4) is 0 Å². The van der Waals surface area contributed by atoms with Crippen LogP contribution in [0.2, 0.25) is 0 Å². The van der Waals surface area contributed by atoms with Gasteiger partial charge in [-0.3, -0.25) is 9.59 Å².